The monoisotopic (exact) mass is 318 g/mol. The van der Waals surface area contributed by atoms with Crippen molar-refractivity contribution >= 4 is 5.96 Å². The Balaban J connectivity index is 1.84. The summed E-state index contributed by atoms with van der Waals surface area (Å²) < 4.78 is 5.41. The van der Waals surface area contributed by atoms with Gasteiger partial charge in [0.1, 0.15) is 5.75 Å². The number of guanidine groups is 1. The number of hydrogen-bond donors (Lipinski definition) is 2. The van der Waals surface area contributed by atoms with E-state index in [4.69, 9.17) is 10.5 Å². The van der Waals surface area contributed by atoms with Gasteiger partial charge in [-0.25, -0.2) is 0 Å². The molecule has 1 fully saturated rings. The molecule has 2 rings (SSSR count). The van der Waals surface area contributed by atoms with E-state index in [1.54, 1.807) is 7.11 Å². The Morgan fingerprint density at radius 2 is 2.26 bits per heavy atom. The summed E-state index contributed by atoms with van der Waals surface area (Å²) in [7, 11) is 1.70. The third-order valence-electron chi connectivity index (χ3n) is 4.63. The first-order valence-electron chi connectivity index (χ1n) is 8.56. The highest BCUT2D eigenvalue weighted by Crippen LogP contribution is 2.26. The second-order valence-electron chi connectivity index (χ2n) is 6.17. The minimum absolute atomic E-state index is 0.269. The van der Waals surface area contributed by atoms with Crippen molar-refractivity contribution in [3.8, 4) is 5.75 Å². The summed E-state index contributed by atoms with van der Waals surface area (Å²) in [6.45, 7) is 8.20. The summed E-state index contributed by atoms with van der Waals surface area (Å²) in [5, 5.41) is 3.28. The maximum Gasteiger partial charge on any atom is 0.188 e. The fourth-order valence-electron chi connectivity index (χ4n) is 3.23. The van der Waals surface area contributed by atoms with Gasteiger partial charge in [-0.3, -0.25) is 9.89 Å². The zero-order chi connectivity index (χ0) is 16.7. The number of methoxy groups -OCH3 is 1. The first-order chi connectivity index (χ1) is 11.2. The Bertz CT molecular complexity index is 517. The van der Waals surface area contributed by atoms with Crippen molar-refractivity contribution < 1.29 is 4.74 Å². The summed E-state index contributed by atoms with van der Waals surface area (Å²) in [6.07, 6.45) is 2.52. The summed E-state index contributed by atoms with van der Waals surface area (Å²) in [5.74, 6) is 1.71. The van der Waals surface area contributed by atoms with Gasteiger partial charge in [-0.15, -0.1) is 0 Å². The third-order valence-corrected chi connectivity index (χ3v) is 4.63. The van der Waals surface area contributed by atoms with Crippen LogP contribution in [0, 0.1) is 0 Å². The van der Waals surface area contributed by atoms with Crippen LogP contribution in [0.4, 0.5) is 0 Å². The minimum Gasteiger partial charge on any atom is -0.496 e. The molecular weight excluding hydrogens is 288 g/mol. The van der Waals surface area contributed by atoms with Gasteiger partial charge in [0.15, 0.2) is 5.96 Å². The normalized spacial score (nSPS) is 20.5. The fourth-order valence-corrected chi connectivity index (χ4v) is 3.23. The molecule has 1 aliphatic heterocycles. The molecule has 1 aromatic rings. The molecule has 0 spiro atoms. The van der Waals surface area contributed by atoms with Crippen LogP contribution in [-0.4, -0.2) is 50.2 Å². The van der Waals surface area contributed by atoms with Gasteiger partial charge in [0.05, 0.1) is 7.11 Å². The van der Waals surface area contributed by atoms with E-state index >= 15 is 0 Å². The number of nitrogens with two attached hydrogens (primary N) is 1. The average Bonchev–Trinajstić information content (AvgIpc) is 3.05. The van der Waals surface area contributed by atoms with Gasteiger partial charge in [0.2, 0.25) is 0 Å². The van der Waals surface area contributed by atoms with Crippen LogP contribution >= 0.6 is 0 Å². The molecule has 0 aliphatic carbocycles. The molecule has 0 bridgehead atoms. The number of nitrogens with zero attached hydrogens (tertiary/aromatic N) is 2. The quantitative estimate of drug-likeness (QED) is 0.597. The topological polar surface area (TPSA) is 62.9 Å². The van der Waals surface area contributed by atoms with Crippen molar-refractivity contribution in [2.75, 3.05) is 33.3 Å². The second-order valence-corrected chi connectivity index (χ2v) is 6.17. The molecule has 23 heavy (non-hydrogen) atoms. The number of benzene rings is 1. The maximum absolute atomic E-state index is 6.02. The molecule has 1 heterocycles. The lowest BCUT2D eigenvalue weighted by atomic mass is 10.0. The van der Waals surface area contributed by atoms with Gasteiger partial charge in [0, 0.05) is 25.0 Å². The number of likely N-dealkylation sites (N-methyl/N-ethyl adjacent to an activating group) is 1. The highest BCUT2D eigenvalue weighted by molar-refractivity contribution is 5.77. The van der Waals surface area contributed by atoms with Crippen LogP contribution in [0.2, 0.25) is 0 Å². The van der Waals surface area contributed by atoms with E-state index in [9.17, 15) is 0 Å². The smallest absolute Gasteiger partial charge is 0.188 e. The highest BCUT2D eigenvalue weighted by Gasteiger charge is 2.22. The largest absolute Gasteiger partial charge is 0.496 e. The van der Waals surface area contributed by atoms with Crippen molar-refractivity contribution in [3.05, 3.63) is 29.8 Å². The Kier molecular flexibility index (Phi) is 6.71. The first-order valence-corrected chi connectivity index (χ1v) is 8.56. The summed E-state index contributed by atoms with van der Waals surface area (Å²) >= 11 is 0. The maximum atomic E-state index is 6.02. The number of likely N-dealkylation sites (tertiary alicyclic amines) is 1. The lowest BCUT2D eigenvalue weighted by molar-refractivity contribution is 0.267. The molecule has 0 saturated carbocycles. The molecule has 5 heteroatoms. The average molecular weight is 318 g/mol. The van der Waals surface area contributed by atoms with E-state index in [1.165, 1.54) is 24.9 Å². The Hall–Kier alpha value is -1.75. The number of rotatable bonds is 7. The molecule has 2 atom stereocenters. The van der Waals surface area contributed by atoms with Gasteiger partial charge in [-0.2, -0.15) is 0 Å². The van der Waals surface area contributed by atoms with Crippen LogP contribution in [0.1, 0.15) is 38.2 Å². The van der Waals surface area contributed by atoms with Crippen LogP contribution in [0.3, 0.4) is 0 Å². The first kappa shape index (κ1) is 17.6. The zero-order valence-corrected chi connectivity index (χ0v) is 14.6. The van der Waals surface area contributed by atoms with Gasteiger partial charge in [0.25, 0.3) is 0 Å². The van der Waals surface area contributed by atoms with Crippen molar-refractivity contribution in [2.45, 2.75) is 38.6 Å². The lowest BCUT2D eigenvalue weighted by Crippen LogP contribution is -2.42. The SMILES string of the molecule is CCN1CCCC1CNC(N)=NCC(C)c1ccccc1OC. The molecule has 2 unspecified atom stereocenters. The Morgan fingerprint density at radius 3 is 3.00 bits per heavy atom. The number of ether oxygens (including phenoxy) is 1. The number of hydrogen-bond acceptors (Lipinski definition) is 3. The number of para-hydroxylation sites is 1. The van der Waals surface area contributed by atoms with E-state index in [2.05, 4.69) is 35.1 Å². The summed E-state index contributed by atoms with van der Waals surface area (Å²) in [4.78, 5) is 6.99. The lowest BCUT2D eigenvalue weighted by Gasteiger charge is -2.23. The van der Waals surface area contributed by atoms with Gasteiger partial charge >= 0.3 is 0 Å². The Labute approximate surface area is 139 Å². The predicted molar refractivity (Wildman–Crippen MR) is 96.2 cm³/mol. The van der Waals surface area contributed by atoms with Crippen LogP contribution in [0.15, 0.2) is 29.3 Å². The number of aliphatic imine (C=N–C) groups is 1. The predicted octanol–water partition coefficient (Wildman–Crippen LogP) is 2.19. The van der Waals surface area contributed by atoms with Crippen LogP contribution in [-0.2, 0) is 0 Å². The van der Waals surface area contributed by atoms with Crippen molar-refractivity contribution in [1.29, 1.82) is 0 Å². The minimum atomic E-state index is 0.269. The van der Waals surface area contributed by atoms with Crippen molar-refractivity contribution in [1.82, 2.24) is 10.2 Å². The molecule has 128 valence electrons. The molecule has 5 nitrogen and oxygen atoms in total. The second kappa shape index (κ2) is 8.77. The fraction of sp³-hybridized carbons (Fsp3) is 0.611. The van der Waals surface area contributed by atoms with Crippen LogP contribution in [0.25, 0.3) is 0 Å². The third kappa shape index (κ3) is 4.86. The van der Waals surface area contributed by atoms with E-state index < -0.39 is 0 Å². The number of nitrogens with one attached hydrogen (secondary N) is 1. The van der Waals surface area contributed by atoms with Crippen LogP contribution in [0.5, 0.6) is 5.75 Å². The zero-order valence-electron chi connectivity index (χ0n) is 14.6. The summed E-state index contributed by atoms with van der Waals surface area (Å²) in [6, 6.07) is 8.66. The summed E-state index contributed by atoms with van der Waals surface area (Å²) in [5.41, 5.74) is 7.19. The molecule has 1 aromatic carbocycles. The van der Waals surface area contributed by atoms with Gasteiger partial charge in [-0.05, 0) is 37.6 Å². The van der Waals surface area contributed by atoms with E-state index in [0.717, 1.165) is 18.8 Å². The van der Waals surface area contributed by atoms with Crippen LogP contribution < -0.4 is 15.8 Å². The van der Waals surface area contributed by atoms with Crippen molar-refractivity contribution in [3.63, 3.8) is 0 Å². The van der Waals surface area contributed by atoms with E-state index in [0.29, 0.717) is 18.5 Å². The molecule has 1 saturated heterocycles. The van der Waals surface area contributed by atoms with Gasteiger partial charge < -0.3 is 15.8 Å². The molecule has 1 aliphatic rings. The van der Waals surface area contributed by atoms with Gasteiger partial charge in [-0.1, -0.05) is 32.0 Å². The van der Waals surface area contributed by atoms with E-state index in [-0.39, 0.29) is 5.92 Å². The molecule has 0 aromatic heterocycles. The molecule has 0 amide bonds. The van der Waals surface area contributed by atoms with Crippen molar-refractivity contribution in [2.24, 2.45) is 10.7 Å². The Morgan fingerprint density at radius 1 is 1.48 bits per heavy atom. The molecule has 3 N–H and O–H groups in total. The standard InChI is InChI=1S/C18H30N4O/c1-4-22-11-7-8-15(22)13-21-18(19)20-12-14(2)16-9-5-6-10-17(16)23-3/h5-6,9-10,14-15H,4,7-8,11-13H2,1-3H3,(H3,19,20,21). The molecular formula is C18H30N4O. The van der Waals surface area contributed by atoms with E-state index in [1.807, 2.05) is 18.2 Å². The molecule has 0 radical (unpaired) electrons. The highest BCUT2D eigenvalue weighted by atomic mass is 16.5.